The first-order valence-electron chi connectivity index (χ1n) is 12.9. The van der Waals surface area contributed by atoms with Crippen molar-refractivity contribution in [1.29, 1.82) is 0 Å². The molecule has 9 heteroatoms. The highest BCUT2D eigenvalue weighted by atomic mass is 79.9. The summed E-state index contributed by atoms with van der Waals surface area (Å²) in [6, 6.07) is 20.1. The topological polar surface area (TPSA) is 86.8 Å². The number of amides is 2. The molecule has 0 radical (unpaired) electrons. The van der Waals surface area contributed by atoms with Crippen LogP contribution in [0.2, 0.25) is 0 Å². The molecular weight excluding hydrogens is 578 g/mol. The molecule has 0 saturated heterocycles. The van der Waals surface area contributed by atoms with Crippen LogP contribution >= 0.6 is 15.9 Å². The molecule has 3 rings (SSSR count). The van der Waals surface area contributed by atoms with Crippen molar-refractivity contribution in [3.63, 3.8) is 0 Å². The fourth-order valence-electron chi connectivity index (χ4n) is 4.03. The van der Waals surface area contributed by atoms with Crippen LogP contribution in [0.1, 0.15) is 43.9 Å². The lowest BCUT2D eigenvalue weighted by atomic mass is 10.1. The molecule has 3 aromatic rings. The number of hydrogen-bond donors (Lipinski definition) is 1. The second kappa shape index (κ2) is 13.3. The summed E-state index contributed by atoms with van der Waals surface area (Å²) in [6.07, 6.45) is 0.744. The Hall–Kier alpha value is -3.17. The Morgan fingerprint density at radius 1 is 0.923 bits per heavy atom. The Morgan fingerprint density at radius 2 is 1.59 bits per heavy atom. The zero-order valence-corrected chi connectivity index (χ0v) is 25.4. The third kappa shape index (κ3) is 7.92. The predicted molar refractivity (Wildman–Crippen MR) is 159 cm³/mol. The van der Waals surface area contributed by atoms with Crippen LogP contribution in [0, 0.1) is 13.8 Å². The molecule has 3 aromatic carbocycles. The number of anilines is 1. The second-order valence-corrected chi connectivity index (χ2v) is 12.6. The molecular formula is C30H36BrN3O4S. The van der Waals surface area contributed by atoms with Crippen molar-refractivity contribution in [2.75, 3.05) is 10.8 Å². The van der Waals surface area contributed by atoms with Gasteiger partial charge in [-0.3, -0.25) is 13.9 Å². The second-order valence-electron chi connectivity index (χ2n) is 9.81. The maximum absolute atomic E-state index is 14.0. The van der Waals surface area contributed by atoms with Crippen LogP contribution in [0.15, 0.2) is 82.2 Å². The fourth-order valence-corrected chi connectivity index (χ4v) is 5.88. The van der Waals surface area contributed by atoms with E-state index in [0.717, 1.165) is 31.9 Å². The van der Waals surface area contributed by atoms with Gasteiger partial charge in [0.05, 0.1) is 10.6 Å². The van der Waals surface area contributed by atoms with Crippen molar-refractivity contribution in [2.45, 2.75) is 64.6 Å². The Kier molecular flexibility index (Phi) is 10.3. The van der Waals surface area contributed by atoms with Gasteiger partial charge in [-0.05, 0) is 81.6 Å². The number of halogens is 1. The molecule has 0 saturated carbocycles. The van der Waals surface area contributed by atoms with Gasteiger partial charge in [0.1, 0.15) is 12.6 Å². The van der Waals surface area contributed by atoms with Crippen molar-refractivity contribution in [3.8, 4) is 0 Å². The third-order valence-electron chi connectivity index (χ3n) is 6.59. The summed E-state index contributed by atoms with van der Waals surface area (Å²) in [5.74, 6) is -0.782. The van der Waals surface area contributed by atoms with Crippen molar-refractivity contribution in [3.05, 3.63) is 94.0 Å². The molecule has 0 bridgehead atoms. The molecule has 2 amide bonds. The van der Waals surface area contributed by atoms with E-state index < -0.39 is 28.5 Å². The number of sulfonamides is 1. The van der Waals surface area contributed by atoms with E-state index in [-0.39, 0.29) is 23.4 Å². The smallest absolute Gasteiger partial charge is 0.264 e. The van der Waals surface area contributed by atoms with Gasteiger partial charge in [0.2, 0.25) is 11.8 Å². The van der Waals surface area contributed by atoms with Crippen LogP contribution in [0.3, 0.4) is 0 Å². The molecule has 0 aliphatic rings. The molecule has 0 unspecified atom stereocenters. The van der Waals surface area contributed by atoms with E-state index >= 15 is 0 Å². The SMILES string of the molecule is CC[C@@H](C)NC(=O)[C@@H](C)N(Cc1cccc(Br)c1)C(=O)CN(c1cccc(C)c1)S(=O)(=O)c1ccc(C)cc1. The third-order valence-corrected chi connectivity index (χ3v) is 8.87. The van der Waals surface area contributed by atoms with Gasteiger partial charge in [0.25, 0.3) is 10.0 Å². The van der Waals surface area contributed by atoms with E-state index in [0.29, 0.717) is 5.69 Å². The van der Waals surface area contributed by atoms with E-state index in [1.54, 1.807) is 49.4 Å². The zero-order chi connectivity index (χ0) is 28.7. The molecule has 208 valence electrons. The van der Waals surface area contributed by atoms with Crippen LogP contribution < -0.4 is 9.62 Å². The quantitative estimate of drug-likeness (QED) is 0.305. The average Bonchev–Trinajstić information content (AvgIpc) is 2.89. The number of carbonyl (C=O) groups excluding carboxylic acids is 2. The molecule has 0 heterocycles. The van der Waals surface area contributed by atoms with Crippen LogP contribution in [-0.2, 0) is 26.2 Å². The lowest BCUT2D eigenvalue weighted by molar-refractivity contribution is -0.139. The van der Waals surface area contributed by atoms with Crippen molar-refractivity contribution in [2.24, 2.45) is 0 Å². The summed E-state index contributed by atoms with van der Waals surface area (Å²) in [7, 11) is -4.09. The fraction of sp³-hybridized carbons (Fsp3) is 0.333. The van der Waals surface area contributed by atoms with Crippen molar-refractivity contribution >= 4 is 43.5 Å². The predicted octanol–water partition coefficient (Wildman–Crippen LogP) is 5.59. The summed E-state index contributed by atoms with van der Waals surface area (Å²) in [5, 5.41) is 2.94. The minimum atomic E-state index is -4.09. The van der Waals surface area contributed by atoms with Crippen LogP contribution in [0.25, 0.3) is 0 Å². The summed E-state index contributed by atoms with van der Waals surface area (Å²) in [6.45, 7) is 8.95. The molecule has 2 atom stereocenters. The summed E-state index contributed by atoms with van der Waals surface area (Å²) < 4.78 is 29.7. The number of aryl methyl sites for hydroxylation is 2. The van der Waals surface area contributed by atoms with Crippen LogP contribution in [0.4, 0.5) is 5.69 Å². The molecule has 0 aromatic heterocycles. The monoisotopic (exact) mass is 613 g/mol. The summed E-state index contributed by atoms with van der Waals surface area (Å²) in [4.78, 5) is 28.6. The van der Waals surface area contributed by atoms with Crippen LogP contribution in [0.5, 0.6) is 0 Å². The van der Waals surface area contributed by atoms with Gasteiger partial charge in [0.15, 0.2) is 0 Å². The number of rotatable bonds is 11. The van der Waals surface area contributed by atoms with E-state index in [1.165, 1.54) is 4.90 Å². The lowest BCUT2D eigenvalue weighted by Gasteiger charge is -2.32. The van der Waals surface area contributed by atoms with Crippen molar-refractivity contribution in [1.82, 2.24) is 10.2 Å². The Balaban J connectivity index is 2.03. The first kappa shape index (κ1) is 30.4. The summed E-state index contributed by atoms with van der Waals surface area (Å²) >= 11 is 3.46. The standard InChI is InChI=1S/C30H36BrN3O4S/c1-6-23(4)32-30(36)24(5)33(19-25-10-8-11-26(31)18-25)29(35)20-34(27-12-7-9-22(3)17-27)39(37,38)28-15-13-21(2)14-16-28/h7-18,23-24H,6,19-20H2,1-5H3,(H,32,36)/t23-,24-/m1/s1. The van der Waals surface area contributed by atoms with Gasteiger partial charge >= 0.3 is 0 Å². The van der Waals surface area contributed by atoms with E-state index in [4.69, 9.17) is 0 Å². The number of carbonyl (C=O) groups is 2. The van der Waals surface area contributed by atoms with E-state index in [2.05, 4.69) is 21.2 Å². The Labute approximate surface area is 240 Å². The molecule has 0 aliphatic carbocycles. The highest BCUT2D eigenvalue weighted by Gasteiger charge is 2.32. The minimum Gasteiger partial charge on any atom is -0.352 e. The molecule has 7 nitrogen and oxygen atoms in total. The van der Waals surface area contributed by atoms with Crippen LogP contribution in [-0.4, -0.2) is 43.8 Å². The molecule has 39 heavy (non-hydrogen) atoms. The zero-order valence-electron chi connectivity index (χ0n) is 23.0. The average molecular weight is 615 g/mol. The van der Waals surface area contributed by atoms with Gasteiger partial charge in [-0.15, -0.1) is 0 Å². The van der Waals surface area contributed by atoms with Gasteiger partial charge < -0.3 is 10.2 Å². The van der Waals surface area contributed by atoms with Gasteiger partial charge in [-0.1, -0.05) is 64.8 Å². The lowest BCUT2D eigenvalue weighted by Crippen LogP contribution is -2.52. The molecule has 0 aliphatic heterocycles. The number of hydrogen-bond acceptors (Lipinski definition) is 4. The number of benzene rings is 3. The molecule has 0 spiro atoms. The van der Waals surface area contributed by atoms with Gasteiger partial charge in [0, 0.05) is 17.1 Å². The maximum atomic E-state index is 14.0. The van der Waals surface area contributed by atoms with E-state index in [1.807, 2.05) is 58.0 Å². The normalized spacial score (nSPS) is 12.9. The van der Waals surface area contributed by atoms with Gasteiger partial charge in [-0.25, -0.2) is 8.42 Å². The van der Waals surface area contributed by atoms with Crippen molar-refractivity contribution < 1.29 is 18.0 Å². The highest BCUT2D eigenvalue weighted by Crippen LogP contribution is 2.26. The molecule has 0 fully saturated rings. The largest absolute Gasteiger partial charge is 0.352 e. The Morgan fingerprint density at radius 3 is 2.21 bits per heavy atom. The maximum Gasteiger partial charge on any atom is 0.264 e. The van der Waals surface area contributed by atoms with E-state index in [9.17, 15) is 18.0 Å². The minimum absolute atomic E-state index is 0.0616. The summed E-state index contributed by atoms with van der Waals surface area (Å²) in [5.41, 5.74) is 2.97. The van der Waals surface area contributed by atoms with Gasteiger partial charge in [-0.2, -0.15) is 0 Å². The first-order chi connectivity index (χ1) is 18.4. The number of nitrogens with one attached hydrogen (secondary N) is 1. The number of nitrogens with zero attached hydrogens (tertiary/aromatic N) is 2. The molecule has 1 N–H and O–H groups in total. The Bertz CT molecular complexity index is 1410. The first-order valence-corrected chi connectivity index (χ1v) is 15.2. The highest BCUT2D eigenvalue weighted by molar-refractivity contribution is 9.10.